The van der Waals surface area contributed by atoms with Gasteiger partial charge in [-0.25, -0.2) is 4.79 Å². The minimum absolute atomic E-state index is 0.0531. The fourth-order valence-electron chi connectivity index (χ4n) is 4.32. The maximum Gasteiger partial charge on any atom is 0.329 e. The van der Waals surface area contributed by atoms with E-state index in [9.17, 15) is 4.79 Å². The van der Waals surface area contributed by atoms with Gasteiger partial charge < -0.3 is 5.32 Å². The lowest BCUT2D eigenvalue weighted by atomic mass is 10.00. The van der Waals surface area contributed by atoms with Gasteiger partial charge >= 0.3 is 5.69 Å². The first-order valence-corrected chi connectivity index (χ1v) is 11.2. The molecule has 6 heteroatoms. The number of nitrogens with zero attached hydrogens (tertiary/aromatic N) is 4. The topological polar surface area (TPSA) is 56.8 Å². The van der Waals surface area contributed by atoms with Crippen molar-refractivity contribution in [2.24, 2.45) is 0 Å². The molecule has 0 saturated carbocycles. The lowest BCUT2D eigenvalue weighted by Crippen LogP contribution is -2.22. The van der Waals surface area contributed by atoms with Crippen molar-refractivity contribution in [2.75, 3.05) is 13.1 Å². The number of aromatic nitrogens is 4. The van der Waals surface area contributed by atoms with Gasteiger partial charge in [0.25, 0.3) is 0 Å². The Hall–Kier alpha value is -3.12. The summed E-state index contributed by atoms with van der Waals surface area (Å²) in [5, 5.41) is 8.12. The van der Waals surface area contributed by atoms with Crippen molar-refractivity contribution in [3.05, 3.63) is 64.7 Å². The summed E-state index contributed by atoms with van der Waals surface area (Å²) >= 11 is 0. The molecule has 4 aromatic rings. The van der Waals surface area contributed by atoms with Crippen LogP contribution in [0.5, 0.6) is 0 Å². The van der Waals surface area contributed by atoms with E-state index in [2.05, 4.69) is 66.3 Å². The summed E-state index contributed by atoms with van der Waals surface area (Å²) in [6.07, 6.45) is 1.95. The summed E-state index contributed by atoms with van der Waals surface area (Å²) in [6.45, 7) is 12.2. The Bertz CT molecular complexity index is 1260. The number of rotatable bonds is 8. The third-order valence-corrected chi connectivity index (χ3v) is 5.84. The van der Waals surface area contributed by atoms with Crippen molar-refractivity contribution in [3.8, 4) is 22.4 Å². The molecule has 2 heterocycles. The Kier molecular flexibility index (Phi) is 6.09. The molecule has 0 aliphatic carbocycles. The molecule has 0 spiro atoms. The van der Waals surface area contributed by atoms with Crippen LogP contribution in [0.3, 0.4) is 0 Å². The Balaban J connectivity index is 1.89. The zero-order valence-electron chi connectivity index (χ0n) is 18.9. The zero-order chi connectivity index (χ0) is 22.0. The SMILES string of the molecule is CCNCCn1ncc(-c2ccc3c(c2)n(CC)c(=O)n3CC)c1-c1cccc(C)c1. The van der Waals surface area contributed by atoms with Crippen LogP contribution in [0.15, 0.2) is 53.5 Å². The lowest BCUT2D eigenvalue weighted by Gasteiger charge is -2.12. The second-order valence-electron chi connectivity index (χ2n) is 7.83. The molecule has 0 aliphatic heterocycles. The van der Waals surface area contributed by atoms with E-state index in [1.807, 2.05) is 29.2 Å². The van der Waals surface area contributed by atoms with Crippen LogP contribution in [0, 0.1) is 6.92 Å². The molecular formula is C25H31N5O. The highest BCUT2D eigenvalue weighted by Crippen LogP contribution is 2.34. The molecule has 2 aromatic carbocycles. The summed E-state index contributed by atoms with van der Waals surface area (Å²) in [4.78, 5) is 12.8. The second kappa shape index (κ2) is 8.94. The highest BCUT2D eigenvalue weighted by atomic mass is 16.1. The molecule has 0 aliphatic rings. The van der Waals surface area contributed by atoms with Crippen LogP contribution in [-0.2, 0) is 19.6 Å². The first-order valence-electron chi connectivity index (χ1n) is 11.2. The number of likely N-dealkylation sites (N-methyl/N-ethyl adjacent to an activating group) is 1. The monoisotopic (exact) mass is 417 g/mol. The van der Waals surface area contributed by atoms with Crippen molar-refractivity contribution in [3.63, 3.8) is 0 Å². The molecule has 0 radical (unpaired) electrons. The number of fused-ring (bicyclic) bond motifs is 1. The Morgan fingerprint density at radius 2 is 1.71 bits per heavy atom. The van der Waals surface area contributed by atoms with Gasteiger partial charge in [-0.3, -0.25) is 13.8 Å². The summed E-state index contributed by atoms with van der Waals surface area (Å²) < 4.78 is 5.77. The van der Waals surface area contributed by atoms with Crippen molar-refractivity contribution in [1.29, 1.82) is 0 Å². The van der Waals surface area contributed by atoms with Crippen molar-refractivity contribution >= 4 is 11.0 Å². The molecule has 31 heavy (non-hydrogen) atoms. The van der Waals surface area contributed by atoms with E-state index in [0.717, 1.165) is 53.1 Å². The van der Waals surface area contributed by atoms with Crippen LogP contribution in [0.2, 0.25) is 0 Å². The molecule has 0 amide bonds. The molecule has 0 bridgehead atoms. The molecule has 4 rings (SSSR count). The lowest BCUT2D eigenvalue weighted by molar-refractivity contribution is 0.570. The van der Waals surface area contributed by atoms with Gasteiger partial charge in [0.05, 0.1) is 29.5 Å². The number of hydrogen-bond donors (Lipinski definition) is 1. The minimum Gasteiger partial charge on any atom is -0.315 e. The fraction of sp³-hybridized carbons (Fsp3) is 0.360. The zero-order valence-corrected chi connectivity index (χ0v) is 18.9. The van der Waals surface area contributed by atoms with Crippen LogP contribution in [0.25, 0.3) is 33.4 Å². The van der Waals surface area contributed by atoms with Gasteiger partial charge in [-0.05, 0) is 51.1 Å². The summed E-state index contributed by atoms with van der Waals surface area (Å²) in [6, 6.07) is 14.9. The van der Waals surface area contributed by atoms with E-state index in [1.54, 1.807) is 0 Å². The summed E-state index contributed by atoms with van der Waals surface area (Å²) in [5.74, 6) is 0. The third-order valence-electron chi connectivity index (χ3n) is 5.84. The van der Waals surface area contributed by atoms with Crippen LogP contribution in [0.1, 0.15) is 26.3 Å². The van der Waals surface area contributed by atoms with Crippen LogP contribution >= 0.6 is 0 Å². The standard InChI is InChI=1S/C25H31N5O/c1-5-26-13-14-30-24(20-10-8-9-18(4)15-20)21(17-27-30)19-11-12-22-23(16-19)29(7-3)25(31)28(22)6-2/h8-12,15-17,26H,5-7,13-14H2,1-4H3. The minimum atomic E-state index is 0.0531. The quantitative estimate of drug-likeness (QED) is 0.435. The fourth-order valence-corrected chi connectivity index (χ4v) is 4.32. The molecule has 1 N–H and O–H groups in total. The smallest absolute Gasteiger partial charge is 0.315 e. The van der Waals surface area contributed by atoms with Crippen molar-refractivity contribution in [1.82, 2.24) is 24.2 Å². The summed E-state index contributed by atoms with van der Waals surface area (Å²) in [5.41, 5.74) is 7.66. The van der Waals surface area contributed by atoms with Crippen LogP contribution in [-0.4, -0.2) is 32.0 Å². The Labute approximate surface area is 183 Å². The molecular weight excluding hydrogens is 386 g/mol. The molecule has 0 atom stereocenters. The van der Waals surface area contributed by atoms with Gasteiger partial charge in [0, 0.05) is 30.8 Å². The van der Waals surface area contributed by atoms with Gasteiger partial charge in [0.2, 0.25) is 0 Å². The normalized spacial score (nSPS) is 11.5. The van der Waals surface area contributed by atoms with Gasteiger partial charge in [-0.1, -0.05) is 36.8 Å². The van der Waals surface area contributed by atoms with Crippen LogP contribution in [0.4, 0.5) is 0 Å². The first-order chi connectivity index (χ1) is 15.1. The highest BCUT2D eigenvalue weighted by Gasteiger charge is 2.17. The molecule has 0 fully saturated rings. The van der Waals surface area contributed by atoms with E-state index in [0.29, 0.717) is 13.1 Å². The maximum atomic E-state index is 12.8. The van der Waals surface area contributed by atoms with E-state index >= 15 is 0 Å². The van der Waals surface area contributed by atoms with E-state index in [4.69, 9.17) is 5.10 Å². The molecule has 6 nitrogen and oxygen atoms in total. The van der Waals surface area contributed by atoms with Gasteiger partial charge in [0.1, 0.15) is 0 Å². The number of imidazole rings is 1. The highest BCUT2D eigenvalue weighted by molar-refractivity contribution is 5.87. The predicted octanol–water partition coefficient (Wildman–Crippen LogP) is 4.29. The molecule has 2 aromatic heterocycles. The number of nitrogens with one attached hydrogen (secondary N) is 1. The third kappa shape index (κ3) is 3.83. The van der Waals surface area contributed by atoms with Gasteiger partial charge in [0.15, 0.2) is 0 Å². The predicted molar refractivity (Wildman–Crippen MR) is 127 cm³/mol. The average molecular weight is 418 g/mol. The molecule has 0 saturated heterocycles. The van der Waals surface area contributed by atoms with Crippen molar-refractivity contribution in [2.45, 2.75) is 47.3 Å². The van der Waals surface area contributed by atoms with E-state index in [1.165, 1.54) is 5.56 Å². The Morgan fingerprint density at radius 3 is 2.42 bits per heavy atom. The second-order valence-corrected chi connectivity index (χ2v) is 7.83. The van der Waals surface area contributed by atoms with Gasteiger partial charge in [-0.15, -0.1) is 0 Å². The molecule has 0 unspecified atom stereocenters. The van der Waals surface area contributed by atoms with E-state index < -0.39 is 0 Å². The van der Waals surface area contributed by atoms with Crippen molar-refractivity contribution < 1.29 is 0 Å². The maximum absolute atomic E-state index is 12.8. The number of hydrogen-bond acceptors (Lipinski definition) is 3. The molecule has 162 valence electrons. The Morgan fingerprint density at radius 1 is 0.935 bits per heavy atom. The van der Waals surface area contributed by atoms with E-state index in [-0.39, 0.29) is 5.69 Å². The first kappa shape index (κ1) is 21.1. The largest absolute Gasteiger partial charge is 0.329 e. The number of benzene rings is 2. The number of aryl methyl sites for hydroxylation is 3. The average Bonchev–Trinajstić information content (AvgIpc) is 3.31. The summed E-state index contributed by atoms with van der Waals surface area (Å²) in [7, 11) is 0. The van der Waals surface area contributed by atoms with Crippen LogP contribution < -0.4 is 11.0 Å². The van der Waals surface area contributed by atoms with Gasteiger partial charge in [-0.2, -0.15) is 5.10 Å².